The lowest BCUT2D eigenvalue weighted by Gasteiger charge is -2.36. The highest BCUT2D eigenvalue weighted by Gasteiger charge is 2.20. The molecular formula is C18H22ClN3O2. The van der Waals surface area contributed by atoms with E-state index in [4.69, 9.17) is 16.3 Å². The van der Waals surface area contributed by atoms with Crippen molar-refractivity contribution in [3.8, 4) is 5.75 Å². The van der Waals surface area contributed by atoms with Crippen LogP contribution < -0.4 is 9.64 Å². The zero-order chi connectivity index (χ0) is 16.8. The Bertz CT molecular complexity index is 616. The van der Waals surface area contributed by atoms with Crippen LogP contribution in [0.5, 0.6) is 5.75 Å². The first-order valence-electron chi connectivity index (χ1n) is 8.15. The second kappa shape index (κ2) is 8.33. The maximum atomic E-state index is 10.2. The van der Waals surface area contributed by atoms with Gasteiger partial charge >= 0.3 is 0 Å². The number of anilines is 1. The van der Waals surface area contributed by atoms with Crippen LogP contribution in [0.3, 0.4) is 0 Å². The van der Waals surface area contributed by atoms with E-state index in [1.54, 1.807) is 24.3 Å². The number of hydrogen-bond donors (Lipinski definition) is 1. The van der Waals surface area contributed by atoms with E-state index >= 15 is 0 Å². The van der Waals surface area contributed by atoms with Crippen LogP contribution in [0.1, 0.15) is 0 Å². The number of benzene rings is 1. The Hall–Kier alpha value is -1.82. The molecule has 0 bridgehead atoms. The van der Waals surface area contributed by atoms with E-state index in [1.165, 1.54) is 0 Å². The molecule has 0 unspecified atom stereocenters. The number of rotatable bonds is 6. The Morgan fingerprint density at radius 2 is 1.83 bits per heavy atom. The van der Waals surface area contributed by atoms with Gasteiger partial charge in [-0.25, -0.2) is 4.98 Å². The van der Waals surface area contributed by atoms with Crippen molar-refractivity contribution >= 4 is 17.4 Å². The fourth-order valence-electron chi connectivity index (χ4n) is 2.77. The van der Waals surface area contributed by atoms with Crippen molar-refractivity contribution in [2.75, 3.05) is 44.2 Å². The minimum Gasteiger partial charge on any atom is -0.491 e. The molecule has 2 heterocycles. The number of β-amino-alcohol motifs (C(OH)–C–C–N with tert-alkyl or cyclic N) is 1. The van der Waals surface area contributed by atoms with Gasteiger partial charge in [-0.05, 0) is 36.4 Å². The van der Waals surface area contributed by atoms with Gasteiger partial charge in [0.1, 0.15) is 24.3 Å². The van der Waals surface area contributed by atoms with E-state index in [2.05, 4.69) is 14.8 Å². The molecule has 0 aliphatic carbocycles. The third-order valence-corrected chi connectivity index (χ3v) is 4.32. The summed E-state index contributed by atoms with van der Waals surface area (Å²) in [5.74, 6) is 1.74. The van der Waals surface area contributed by atoms with Crippen LogP contribution in [0.25, 0.3) is 0 Å². The molecule has 128 valence electrons. The molecule has 24 heavy (non-hydrogen) atoms. The fourth-order valence-corrected chi connectivity index (χ4v) is 2.90. The Kier molecular flexibility index (Phi) is 5.91. The molecule has 2 aromatic rings. The maximum Gasteiger partial charge on any atom is 0.128 e. The molecule has 0 spiro atoms. The van der Waals surface area contributed by atoms with Crippen LogP contribution in [-0.4, -0.2) is 60.4 Å². The summed E-state index contributed by atoms with van der Waals surface area (Å²) in [6.45, 7) is 4.55. The van der Waals surface area contributed by atoms with Gasteiger partial charge in [0, 0.05) is 43.9 Å². The normalized spacial score (nSPS) is 16.8. The molecular weight excluding hydrogens is 326 g/mol. The van der Waals surface area contributed by atoms with Crippen LogP contribution in [0, 0.1) is 0 Å². The van der Waals surface area contributed by atoms with Crippen LogP contribution >= 0.6 is 11.6 Å². The second-order valence-electron chi connectivity index (χ2n) is 5.89. The van der Waals surface area contributed by atoms with Gasteiger partial charge in [0.25, 0.3) is 0 Å². The number of halogens is 1. The van der Waals surface area contributed by atoms with Gasteiger partial charge in [0.15, 0.2) is 0 Å². The average Bonchev–Trinajstić information content (AvgIpc) is 2.63. The van der Waals surface area contributed by atoms with Crippen LogP contribution in [0.4, 0.5) is 5.82 Å². The Morgan fingerprint density at radius 3 is 2.50 bits per heavy atom. The van der Waals surface area contributed by atoms with Gasteiger partial charge in [-0.15, -0.1) is 0 Å². The number of hydrogen-bond acceptors (Lipinski definition) is 5. The van der Waals surface area contributed by atoms with Gasteiger partial charge in [-0.1, -0.05) is 17.7 Å². The summed E-state index contributed by atoms with van der Waals surface area (Å²) in [5, 5.41) is 10.9. The Balaban J connectivity index is 1.40. The average molecular weight is 348 g/mol. The zero-order valence-corrected chi connectivity index (χ0v) is 14.3. The van der Waals surface area contributed by atoms with E-state index in [0.717, 1.165) is 37.7 Å². The van der Waals surface area contributed by atoms with Gasteiger partial charge in [0.05, 0.1) is 0 Å². The Labute approximate surface area is 147 Å². The predicted octanol–water partition coefficient (Wildman–Crippen LogP) is 2.30. The smallest absolute Gasteiger partial charge is 0.128 e. The highest BCUT2D eigenvalue weighted by molar-refractivity contribution is 6.30. The maximum absolute atomic E-state index is 10.2. The highest BCUT2D eigenvalue weighted by Crippen LogP contribution is 2.16. The van der Waals surface area contributed by atoms with Crippen molar-refractivity contribution < 1.29 is 9.84 Å². The number of pyridine rings is 1. The molecule has 1 N–H and O–H groups in total. The summed E-state index contributed by atoms with van der Waals surface area (Å²) in [6.07, 6.45) is 1.31. The number of aromatic nitrogens is 1. The first-order valence-corrected chi connectivity index (χ1v) is 8.53. The molecule has 1 aliphatic rings. The molecule has 1 fully saturated rings. The molecule has 0 amide bonds. The topological polar surface area (TPSA) is 48.8 Å². The molecule has 3 rings (SSSR count). The summed E-state index contributed by atoms with van der Waals surface area (Å²) in [7, 11) is 0. The lowest BCUT2D eigenvalue weighted by atomic mass is 10.2. The number of aliphatic hydroxyl groups excluding tert-OH is 1. The molecule has 0 radical (unpaired) electrons. The van der Waals surface area contributed by atoms with E-state index in [0.29, 0.717) is 11.6 Å². The van der Waals surface area contributed by atoms with Gasteiger partial charge in [-0.2, -0.15) is 0 Å². The number of nitrogens with zero attached hydrogens (tertiary/aromatic N) is 3. The lowest BCUT2D eigenvalue weighted by molar-refractivity contribution is 0.0662. The third-order valence-electron chi connectivity index (χ3n) is 4.07. The first kappa shape index (κ1) is 17.0. The number of piperazine rings is 1. The van der Waals surface area contributed by atoms with Gasteiger partial charge in [-0.3, -0.25) is 4.90 Å². The first-order chi connectivity index (χ1) is 11.7. The molecule has 0 saturated carbocycles. The van der Waals surface area contributed by atoms with Crippen molar-refractivity contribution in [1.29, 1.82) is 0 Å². The highest BCUT2D eigenvalue weighted by atomic mass is 35.5. The van der Waals surface area contributed by atoms with E-state index < -0.39 is 6.10 Å². The van der Waals surface area contributed by atoms with Crippen molar-refractivity contribution in [2.45, 2.75) is 6.10 Å². The molecule has 5 nitrogen and oxygen atoms in total. The zero-order valence-electron chi connectivity index (χ0n) is 13.5. The summed E-state index contributed by atoms with van der Waals surface area (Å²) in [5.41, 5.74) is 0. The molecule has 1 aromatic carbocycles. The summed E-state index contributed by atoms with van der Waals surface area (Å²) in [6, 6.07) is 13.1. The number of aliphatic hydroxyl groups is 1. The minimum atomic E-state index is -0.512. The second-order valence-corrected chi connectivity index (χ2v) is 6.33. The van der Waals surface area contributed by atoms with Crippen LogP contribution in [0.15, 0.2) is 48.7 Å². The van der Waals surface area contributed by atoms with Crippen LogP contribution in [0.2, 0.25) is 5.02 Å². The van der Waals surface area contributed by atoms with Crippen molar-refractivity contribution in [3.63, 3.8) is 0 Å². The number of ether oxygens (including phenoxy) is 1. The molecule has 1 saturated heterocycles. The molecule has 1 aromatic heterocycles. The third kappa shape index (κ3) is 4.84. The minimum absolute atomic E-state index is 0.280. The van der Waals surface area contributed by atoms with Crippen molar-refractivity contribution in [2.24, 2.45) is 0 Å². The van der Waals surface area contributed by atoms with Crippen LogP contribution in [-0.2, 0) is 0 Å². The lowest BCUT2D eigenvalue weighted by Crippen LogP contribution is -2.49. The molecule has 1 atom stereocenters. The van der Waals surface area contributed by atoms with Crippen molar-refractivity contribution in [3.05, 3.63) is 53.7 Å². The van der Waals surface area contributed by atoms with E-state index in [1.807, 2.05) is 24.4 Å². The van der Waals surface area contributed by atoms with E-state index in [-0.39, 0.29) is 6.61 Å². The standard InChI is InChI=1S/C18H22ClN3O2/c19-15-4-6-17(7-5-15)24-14-16(23)13-21-9-11-22(12-10-21)18-3-1-2-8-20-18/h1-8,16,23H,9-14H2/t16-/m0/s1. The quantitative estimate of drug-likeness (QED) is 0.869. The SMILES string of the molecule is O[C@H](COc1ccc(Cl)cc1)CN1CCN(c2ccccn2)CC1. The van der Waals surface area contributed by atoms with Crippen molar-refractivity contribution in [1.82, 2.24) is 9.88 Å². The van der Waals surface area contributed by atoms with Gasteiger partial charge < -0.3 is 14.7 Å². The molecule has 6 heteroatoms. The fraction of sp³-hybridized carbons (Fsp3) is 0.389. The van der Waals surface area contributed by atoms with Gasteiger partial charge in [0.2, 0.25) is 0 Å². The summed E-state index contributed by atoms with van der Waals surface area (Å²) >= 11 is 5.84. The predicted molar refractivity (Wildman–Crippen MR) is 95.8 cm³/mol. The summed E-state index contributed by atoms with van der Waals surface area (Å²) in [4.78, 5) is 8.92. The van der Waals surface area contributed by atoms with E-state index in [9.17, 15) is 5.11 Å². The molecule has 1 aliphatic heterocycles. The monoisotopic (exact) mass is 347 g/mol. The largest absolute Gasteiger partial charge is 0.491 e. The Morgan fingerprint density at radius 1 is 1.08 bits per heavy atom. The summed E-state index contributed by atoms with van der Waals surface area (Å²) < 4.78 is 5.60.